The van der Waals surface area contributed by atoms with Crippen molar-refractivity contribution in [3.8, 4) is 0 Å². The summed E-state index contributed by atoms with van der Waals surface area (Å²) in [5, 5.41) is 9.08. The first-order valence-electron chi connectivity index (χ1n) is 8.36. The number of rotatable bonds is 3. The third-order valence-electron chi connectivity index (χ3n) is 4.96. The van der Waals surface area contributed by atoms with Crippen molar-refractivity contribution in [1.29, 1.82) is 0 Å². The fourth-order valence-electron chi connectivity index (χ4n) is 3.54. The second kappa shape index (κ2) is 5.95. The third-order valence-corrected chi connectivity index (χ3v) is 7.22. The third kappa shape index (κ3) is 2.59. The molecule has 6 nitrogen and oxygen atoms in total. The molecule has 26 heavy (non-hydrogen) atoms. The van der Waals surface area contributed by atoms with Gasteiger partial charge in [-0.2, -0.15) is 0 Å². The van der Waals surface area contributed by atoms with E-state index < -0.39 is 15.8 Å². The Kier molecular flexibility index (Phi) is 3.84. The van der Waals surface area contributed by atoms with Crippen LogP contribution in [0.15, 0.2) is 50.5 Å². The fourth-order valence-corrected chi connectivity index (χ4v) is 5.40. The molecule has 0 atom stereocenters. The summed E-state index contributed by atoms with van der Waals surface area (Å²) in [5.74, 6) is -1.13. The van der Waals surface area contributed by atoms with Gasteiger partial charge in [0.2, 0.25) is 5.43 Å². The van der Waals surface area contributed by atoms with Crippen molar-refractivity contribution in [2.24, 2.45) is 0 Å². The number of benzene rings is 2. The maximum Gasteiger partial charge on any atom is 0.335 e. The van der Waals surface area contributed by atoms with Gasteiger partial charge in [-0.3, -0.25) is 4.79 Å². The van der Waals surface area contributed by atoms with Gasteiger partial charge in [-0.25, -0.2) is 13.2 Å². The molecule has 3 aromatic rings. The van der Waals surface area contributed by atoms with Crippen LogP contribution in [0, 0.1) is 0 Å². The molecule has 0 aliphatic heterocycles. The van der Waals surface area contributed by atoms with Gasteiger partial charge in [-0.05, 0) is 43.2 Å². The lowest BCUT2D eigenvalue weighted by atomic mass is 10.1. The summed E-state index contributed by atoms with van der Waals surface area (Å²) in [5.41, 5.74) is 0.0197. The largest absolute Gasteiger partial charge is 0.478 e. The molecule has 1 aromatic heterocycles. The summed E-state index contributed by atoms with van der Waals surface area (Å²) < 4.78 is 31.2. The van der Waals surface area contributed by atoms with Crippen LogP contribution in [0.3, 0.4) is 0 Å². The van der Waals surface area contributed by atoms with Gasteiger partial charge in [0, 0.05) is 6.07 Å². The predicted octanol–water partition coefficient (Wildman–Crippen LogP) is 3.36. The summed E-state index contributed by atoms with van der Waals surface area (Å²) in [4.78, 5) is 23.9. The minimum absolute atomic E-state index is 0.00965. The highest BCUT2D eigenvalue weighted by molar-refractivity contribution is 7.92. The first kappa shape index (κ1) is 16.8. The summed E-state index contributed by atoms with van der Waals surface area (Å²) in [6.07, 6.45) is 3.12. The van der Waals surface area contributed by atoms with Crippen LogP contribution in [0.5, 0.6) is 0 Å². The van der Waals surface area contributed by atoms with Crippen LogP contribution in [-0.4, -0.2) is 24.7 Å². The highest BCUT2D eigenvalue weighted by atomic mass is 32.2. The van der Waals surface area contributed by atoms with Gasteiger partial charge in [-0.1, -0.05) is 12.8 Å². The van der Waals surface area contributed by atoms with E-state index in [1.807, 2.05) is 0 Å². The molecule has 0 amide bonds. The van der Waals surface area contributed by atoms with Crippen LogP contribution in [-0.2, 0) is 9.84 Å². The first-order valence-corrected chi connectivity index (χ1v) is 9.90. The molecule has 7 heteroatoms. The molecule has 1 heterocycles. The molecule has 0 bridgehead atoms. The SMILES string of the molecule is O=C(O)c1ccc2oc3cc(S(=O)(=O)C4CCCC4)ccc3c(=O)c2c1. The van der Waals surface area contributed by atoms with Crippen molar-refractivity contribution < 1.29 is 22.7 Å². The van der Waals surface area contributed by atoms with E-state index in [-0.39, 0.29) is 43.1 Å². The number of fused-ring (bicyclic) bond motifs is 2. The van der Waals surface area contributed by atoms with Crippen molar-refractivity contribution in [3.63, 3.8) is 0 Å². The Balaban J connectivity index is 1.92. The standard InChI is InChI=1S/C19H16O6S/c20-18-14-7-6-13(26(23,24)12-3-1-2-4-12)10-17(14)25-16-8-5-11(19(21)22)9-15(16)18/h5-10,12H,1-4H2,(H,21,22). The highest BCUT2D eigenvalue weighted by Crippen LogP contribution is 2.31. The number of hydrogen-bond donors (Lipinski definition) is 1. The monoisotopic (exact) mass is 372 g/mol. The molecule has 134 valence electrons. The van der Waals surface area contributed by atoms with E-state index in [9.17, 15) is 18.0 Å². The minimum Gasteiger partial charge on any atom is -0.478 e. The van der Waals surface area contributed by atoms with Gasteiger partial charge < -0.3 is 9.52 Å². The smallest absolute Gasteiger partial charge is 0.335 e. The van der Waals surface area contributed by atoms with Crippen molar-refractivity contribution in [3.05, 3.63) is 52.2 Å². The number of hydrogen-bond acceptors (Lipinski definition) is 5. The highest BCUT2D eigenvalue weighted by Gasteiger charge is 2.30. The molecule has 4 rings (SSSR count). The summed E-state index contributed by atoms with van der Waals surface area (Å²) in [7, 11) is -3.45. The lowest BCUT2D eigenvalue weighted by Crippen LogP contribution is -2.18. The zero-order chi connectivity index (χ0) is 18.5. The maximum absolute atomic E-state index is 12.8. The van der Waals surface area contributed by atoms with Crippen LogP contribution >= 0.6 is 0 Å². The van der Waals surface area contributed by atoms with Crippen LogP contribution in [0.1, 0.15) is 36.0 Å². The Morgan fingerprint density at radius 1 is 1.00 bits per heavy atom. The topological polar surface area (TPSA) is 102 Å². The molecule has 0 spiro atoms. The van der Waals surface area contributed by atoms with Crippen LogP contribution in [0.4, 0.5) is 0 Å². The van der Waals surface area contributed by atoms with E-state index in [0.717, 1.165) is 12.8 Å². The number of carboxylic acid groups (broad SMARTS) is 1. The molecular formula is C19H16O6S. The number of carbonyl (C=O) groups is 1. The number of aromatic carboxylic acids is 1. The summed E-state index contributed by atoms with van der Waals surface area (Å²) in [6.45, 7) is 0. The molecule has 1 saturated carbocycles. The van der Waals surface area contributed by atoms with Gasteiger partial charge in [-0.15, -0.1) is 0 Å². The summed E-state index contributed by atoms with van der Waals surface area (Å²) >= 11 is 0. The van der Waals surface area contributed by atoms with Crippen LogP contribution < -0.4 is 5.43 Å². The molecule has 1 N–H and O–H groups in total. The van der Waals surface area contributed by atoms with Crippen molar-refractivity contribution in [1.82, 2.24) is 0 Å². The zero-order valence-corrected chi connectivity index (χ0v) is 14.6. The molecule has 0 unspecified atom stereocenters. The Labute approximate surface area is 149 Å². The average Bonchev–Trinajstić information content (AvgIpc) is 3.16. The van der Waals surface area contributed by atoms with E-state index in [4.69, 9.17) is 9.52 Å². The average molecular weight is 372 g/mol. The predicted molar refractivity (Wildman–Crippen MR) is 96.4 cm³/mol. The van der Waals surface area contributed by atoms with Gasteiger partial charge >= 0.3 is 5.97 Å². The van der Waals surface area contributed by atoms with Crippen molar-refractivity contribution in [2.75, 3.05) is 0 Å². The second-order valence-electron chi connectivity index (χ2n) is 6.56. The Bertz CT molecular complexity index is 1200. The minimum atomic E-state index is -3.45. The van der Waals surface area contributed by atoms with Gasteiger partial charge in [0.25, 0.3) is 0 Å². The van der Waals surface area contributed by atoms with Crippen LogP contribution in [0.2, 0.25) is 0 Å². The molecule has 0 saturated heterocycles. The zero-order valence-electron chi connectivity index (χ0n) is 13.8. The van der Waals surface area contributed by atoms with E-state index >= 15 is 0 Å². The molecular weight excluding hydrogens is 356 g/mol. The van der Waals surface area contributed by atoms with Gasteiger partial charge in [0.1, 0.15) is 11.2 Å². The number of sulfone groups is 1. The molecule has 2 aromatic carbocycles. The van der Waals surface area contributed by atoms with Crippen molar-refractivity contribution >= 4 is 37.7 Å². The lowest BCUT2D eigenvalue weighted by molar-refractivity contribution is 0.0697. The molecule has 1 aliphatic carbocycles. The molecule has 0 radical (unpaired) electrons. The van der Waals surface area contributed by atoms with Crippen molar-refractivity contribution in [2.45, 2.75) is 35.8 Å². The summed E-state index contributed by atoms with van der Waals surface area (Å²) in [6, 6.07) is 8.30. The quantitative estimate of drug-likeness (QED) is 0.707. The van der Waals surface area contributed by atoms with E-state index in [0.29, 0.717) is 12.8 Å². The second-order valence-corrected chi connectivity index (χ2v) is 8.78. The Hall–Kier alpha value is -2.67. The van der Waals surface area contributed by atoms with Gasteiger partial charge in [0.15, 0.2) is 9.84 Å². The van der Waals surface area contributed by atoms with Crippen LogP contribution in [0.25, 0.3) is 21.9 Å². The van der Waals surface area contributed by atoms with E-state index in [1.54, 1.807) is 0 Å². The van der Waals surface area contributed by atoms with E-state index in [1.165, 1.54) is 36.4 Å². The fraction of sp³-hybridized carbons (Fsp3) is 0.263. The van der Waals surface area contributed by atoms with E-state index in [2.05, 4.69) is 0 Å². The normalized spacial score (nSPS) is 15.7. The van der Waals surface area contributed by atoms with Gasteiger partial charge in [0.05, 0.1) is 26.5 Å². The lowest BCUT2D eigenvalue weighted by Gasteiger charge is -2.11. The molecule has 1 aliphatic rings. The Morgan fingerprint density at radius 2 is 1.73 bits per heavy atom. The maximum atomic E-state index is 12.8. The first-order chi connectivity index (χ1) is 12.4. The Morgan fingerprint density at radius 3 is 2.42 bits per heavy atom. The number of carboxylic acids is 1. The molecule has 1 fully saturated rings.